The number of rotatable bonds is 6. The number of fused-ring (bicyclic) bond motifs is 1. The van der Waals surface area contributed by atoms with E-state index in [0.29, 0.717) is 29.0 Å². The molecule has 3 aromatic heterocycles. The number of nitrogens with zero attached hydrogens (tertiary/aromatic N) is 2. The molecule has 0 aliphatic carbocycles. The van der Waals surface area contributed by atoms with Crippen LogP contribution in [-0.4, -0.2) is 20.6 Å². The van der Waals surface area contributed by atoms with Crippen LogP contribution in [0.1, 0.15) is 18.4 Å². The maximum absolute atomic E-state index is 13.4. The Labute approximate surface area is 169 Å². The van der Waals surface area contributed by atoms with E-state index >= 15 is 0 Å². The number of hydrogen-bond donors (Lipinski definition) is 1. The highest BCUT2D eigenvalue weighted by Crippen LogP contribution is 2.34. The second kappa shape index (κ2) is 7.69. The Balaban J connectivity index is 1.92. The van der Waals surface area contributed by atoms with Crippen molar-refractivity contribution < 1.29 is 9.90 Å². The van der Waals surface area contributed by atoms with Gasteiger partial charge >= 0.3 is 5.97 Å². The largest absolute Gasteiger partial charge is 0.481 e. The molecular weight excluding hydrogens is 392 g/mol. The summed E-state index contributed by atoms with van der Waals surface area (Å²) < 4.78 is 1.63. The first-order valence-corrected chi connectivity index (χ1v) is 10.7. The Kier molecular flexibility index (Phi) is 5.11. The lowest BCUT2D eigenvalue weighted by Gasteiger charge is -2.13. The Bertz CT molecular complexity index is 1210. The van der Waals surface area contributed by atoms with Crippen LogP contribution in [0.25, 0.3) is 32.0 Å². The van der Waals surface area contributed by atoms with Crippen molar-refractivity contribution in [2.45, 2.75) is 26.3 Å². The summed E-state index contributed by atoms with van der Waals surface area (Å²) in [5.74, 6) is -0.278. The minimum Gasteiger partial charge on any atom is -0.481 e. The first-order valence-electron chi connectivity index (χ1n) is 8.89. The quantitative estimate of drug-likeness (QED) is 0.484. The number of carbonyl (C=O) groups is 1. The molecule has 0 amide bonds. The predicted molar refractivity (Wildman–Crippen MR) is 114 cm³/mol. The predicted octanol–water partition coefficient (Wildman–Crippen LogP) is 5.03. The van der Waals surface area contributed by atoms with Crippen LogP contribution in [0, 0.1) is 6.92 Å². The van der Waals surface area contributed by atoms with E-state index < -0.39 is 5.97 Å². The maximum Gasteiger partial charge on any atom is 0.303 e. The standard InChI is InChI=1S/C21H18N2O3S2/c1-13-5-2-6-14(11-13)19-22-20-18(15(12-28-20)16-7-4-10-27-16)21(26)23(19)9-3-8-17(24)25/h2,4-7,10-12H,3,8-9H2,1H3,(H,24,25). The molecule has 7 heteroatoms. The van der Waals surface area contributed by atoms with Gasteiger partial charge in [-0.1, -0.05) is 29.8 Å². The summed E-state index contributed by atoms with van der Waals surface area (Å²) in [6.07, 6.45) is 0.388. The number of hydrogen-bond acceptors (Lipinski definition) is 5. The maximum atomic E-state index is 13.4. The van der Waals surface area contributed by atoms with Crippen molar-refractivity contribution in [3.8, 4) is 21.8 Å². The number of benzene rings is 1. The summed E-state index contributed by atoms with van der Waals surface area (Å²) in [5.41, 5.74) is 2.72. The molecule has 1 aromatic carbocycles. The minimum absolute atomic E-state index is 0.0130. The summed E-state index contributed by atoms with van der Waals surface area (Å²) in [7, 11) is 0. The second-order valence-corrected chi connectivity index (χ2v) is 8.37. The second-order valence-electron chi connectivity index (χ2n) is 6.57. The van der Waals surface area contributed by atoms with Gasteiger partial charge in [-0.15, -0.1) is 22.7 Å². The van der Waals surface area contributed by atoms with Gasteiger partial charge in [0.2, 0.25) is 0 Å². The van der Waals surface area contributed by atoms with E-state index in [9.17, 15) is 9.59 Å². The van der Waals surface area contributed by atoms with Crippen molar-refractivity contribution in [1.82, 2.24) is 9.55 Å². The minimum atomic E-state index is -0.867. The highest BCUT2D eigenvalue weighted by molar-refractivity contribution is 7.18. The number of carboxylic acids is 1. The third-order valence-electron chi connectivity index (χ3n) is 4.53. The molecule has 0 aliphatic rings. The van der Waals surface area contributed by atoms with Crippen molar-refractivity contribution in [2.75, 3.05) is 0 Å². The first-order chi connectivity index (χ1) is 13.5. The molecule has 0 spiro atoms. The third kappa shape index (κ3) is 3.50. The highest BCUT2D eigenvalue weighted by atomic mass is 32.1. The summed E-state index contributed by atoms with van der Waals surface area (Å²) in [6, 6.07) is 11.8. The van der Waals surface area contributed by atoms with Gasteiger partial charge in [-0.3, -0.25) is 14.2 Å². The molecule has 0 saturated heterocycles. The number of carboxylic acid groups (broad SMARTS) is 1. The van der Waals surface area contributed by atoms with Crippen LogP contribution in [0.3, 0.4) is 0 Å². The summed E-state index contributed by atoms with van der Waals surface area (Å²) in [5, 5.41) is 13.6. The Hall–Kier alpha value is -2.77. The van der Waals surface area contributed by atoms with E-state index in [1.807, 2.05) is 54.1 Å². The van der Waals surface area contributed by atoms with Crippen molar-refractivity contribution >= 4 is 38.9 Å². The summed E-state index contributed by atoms with van der Waals surface area (Å²) in [4.78, 5) is 31.0. The molecule has 4 aromatic rings. The molecule has 0 fully saturated rings. The average Bonchev–Trinajstić information content (AvgIpc) is 3.32. The lowest BCUT2D eigenvalue weighted by atomic mass is 10.1. The summed E-state index contributed by atoms with van der Waals surface area (Å²) >= 11 is 3.05. The molecule has 3 heterocycles. The SMILES string of the molecule is Cc1cccc(-c2nc3scc(-c4cccs4)c3c(=O)n2CCCC(=O)O)c1. The smallest absolute Gasteiger partial charge is 0.303 e. The normalized spacial score (nSPS) is 11.2. The Morgan fingerprint density at radius 2 is 2.07 bits per heavy atom. The molecule has 142 valence electrons. The van der Waals surface area contributed by atoms with Gasteiger partial charge in [-0.2, -0.15) is 0 Å². The molecule has 0 saturated carbocycles. The van der Waals surface area contributed by atoms with Gasteiger partial charge in [0, 0.05) is 34.3 Å². The van der Waals surface area contributed by atoms with Gasteiger partial charge in [0.1, 0.15) is 10.7 Å². The molecule has 0 bridgehead atoms. The molecular formula is C21H18N2O3S2. The fraction of sp³-hybridized carbons (Fsp3) is 0.190. The zero-order valence-corrected chi connectivity index (χ0v) is 16.8. The van der Waals surface area contributed by atoms with E-state index in [0.717, 1.165) is 21.6 Å². The van der Waals surface area contributed by atoms with Gasteiger partial charge in [0.05, 0.1) is 5.39 Å². The van der Waals surface area contributed by atoms with Crippen molar-refractivity contribution in [3.63, 3.8) is 0 Å². The van der Waals surface area contributed by atoms with Crippen LogP contribution in [0.4, 0.5) is 0 Å². The van der Waals surface area contributed by atoms with Crippen LogP contribution in [0.2, 0.25) is 0 Å². The molecule has 28 heavy (non-hydrogen) atoms. The van der Waals surface area contributed by atoms with E-state index in [4.69, 9.17) is 10.1 Å². The fourth-order valence-corrected chi connectivity index (χ4v) is 4.99. The Morgan fingerprint density at radius 1 is 1.21 bits per heavy atom. The van der Waals surface area contributed by atoms with E-state index in [1.165, 1.54) is 11.3 Å². The van der Waals surface area contributed by atoms with Crippen LogP contribution in [0.15, 0.2) is 52.0 Å². The van der Waals surface area contributed by atoms with Crippen LogP contribution in [0.5, 0.6) is 0 Å². The molecule has 4 rings (SSSR count). The van der Waals surface area contributed by atoms with E-state index in [2.05, 4.69) is 0 Å². The van der Waals surface area contributed by atoms with Crippen molar-refractivity contribution in [1.29, 1.82) is 0 Å². The summed E-state index contributed by atoms with van der Waals surface area (Å²) in [6.45, 7) is 2.31. The van der Waals surface area contributed by atoms with Gasteiger partial charge in [-0.05, 0) is 30.9 Å². The molecule has 0 unspecified atom stereocenters. The fourth-order valence-electron chi connectivity index (χ4n) is 3.24. The number of aryl methyl sites for hydroxylation is 1. The lowest BCUT2D eigenvalue weighted by molar-refractivity contribution is -0.137. The number of thiophene rings is 2. The van der Waals surface area contributed by atoms with Gasteiger partial charge < -0.3 is 5.11 Å². The van der Waals surface area contributed by atoms with E-state index in [1.54, 1.807) is 15.9 Å². The first kappa shape index (κ1) is 18.6. The Morgan fingerprint density at radius 3 is 2.79 bits per heavy atom. The zero-order valence-electron chi connectivity index (χ0n) is 15.2. The molecule has 5 nitrogen and oxygen atoms in total. The number of aromatic nitrogens is 2. The zero-order chi connectivity index (χ0) is 19.7. The molecule has 0 radical (unpaired) electrons. The monoisotopic (exact) mass is 410 g/mol. The number of aliphatic carboxylic acids is 1. The molecule has 0 atom stereocenters. The van der Waals surface area contributed by atoms with Gasteiger partial charge in [0.15, 0.2) is 0 Å². The van der Waals surface area contributed by atoms with Crippen LogP contribution < -0.4 is 5.56 Å². The lowest BCUT2D eigenvalue weighted by Crippen LogP contribution is -2.23. The van der Waals surface area contributed by atoms with Crippen molar-refractivity contribution in [3.05, 3.63) is 63.1 Å². The third-order valence-corrected chi connectivity index (χ3v) is 6.30. The topological polar surface area (TPSA) is 72.2 Å². The molecule has 0 aliphatic heterocycles. The average molecular weight is 411 g/mol. The highest BCUT2D eigenvalue weighted by Gasteiger charge is 2.18. The van der Waals surface area contributed by atoms with Gasteiger partial charge in [0.25, 0.3) is 5.56 Å². The van der Waals surface area contributed by atoms with Crippen LogP contribution >= 0.6 is 22.7 Å². The van der Waals surface area contributed by atoms with E-state index in [-0.39, 0.29) is 12.0 Å². The van der Waals surface area contributed by atoms with Crippen molar-refractivity contribution in [2.24, 2.45) is 0 Å². The molecule has 1 N–H and O–H groups in total. The van der Waals surface area contributed by atoms with Gasteiger partial charge in [-0.25, -0.2) is 4.98 Å². The van der Waals surface area contributed by atoms with Crippen LogP contribution in [-0.2, 0) is 11.3 Å².